The van der Waals surface area contributed by atoms with E-state index >= 15 is 0 Å². The van der Waals surface area contributed by atoms with Gasteiger partial charge >= 0.3 is 0 Å². The fourth-order valence-electron chi connectivity index (χ4n) is 2.39. The first-order valence-electron chi connectivity index (χ1n) is 8.36. The van der Waals surface area contributed by atoms with Crippen molar-refractivity contribution >= 4 is 17.8 Å². The average molecular weight is 349 g/mol. The number of hydrogen-bond acceptors (Lipinski definition) is 6. The number of rotatable bonds is 6. The Morgan fingerprint density at radius 2 is 1.96 bits per heavy atom. The molecular weight excluding hydrogens is 322 g/mol. The van der Waals surface area contributed by atoms with E-state index in [4.69, 9.17) is 4.74 Å². The zero-order chi connectivity index (χ0) is 18.1. The third kappa shape index (κ3) is 5.86. The molecule has 25 heavy (non-hydrogen) atoms. The van der Waals surface area contributed by atoms with E-state index in [1.807, 2.05) is 6.07 Å². The number of ether oxygens (including phenoxy) is 1. The predicted octanol–water partition coefficient (Wildman–Crippen LogP) is -0.721. The van der Waals surface area contributed by atoms with Crippen molar-refractivity contribution in [1.29, 1.82) is 0 Å². The van der Waals surface area contributed by atoms with Crippen molar-refractivity contribution in [2.24, 2.45) is 4.99 Å². The Kier molecular flexibility index (Phi) is 7.39. The van der Waals surface area contributed by atoms with Gasteiger partial charge in [-0.05, 0) is 6.07 Å². The first kappa shape index (κ1) is 18.9. The third-order valence-corrected chi connectivity index (χ3v) is 3.87. The molecule has 1 aromatic rings. The lowest BCUT2D eigenvalue weighted by Crippen LogP contribution is -2.53. The van der Waals surface area contributed by atoms with Crippen LogP contribution in [-0.2, 0) is 9.53 Å². The van der Waals surface area contributed by atoms with Gasteiger partial charge in [-0.15, -0.1) is 0 Å². The molecule has 0 saturated carbocycles. The first-order chi connectivity index (χ1) is 12.1. The first-order valence-corrected chi connectivity index (χ1v) is 8.36. The van der Waals surface area contributed by atoms with Gasteiger partial charge in [-0.3, -0.25) is 4.79 Å². The second-order valence-corrected chi connectivity index (χ2v) is 5.87. The van der Waals surface area contributed by atoms with Crippen molar-refractivity contribution in [3.05, 3.63) is 18.5 Å². The number of hydrogen-bond donors (Lipinski definition) is 1. The molecule has 9 heteroatoms. The number of methoxy groups -OCH3 is 1. The number of likely N-dealkylation sites (N-methyl/N-ethyl adjacent to an activating group) is 1. The highest BCUT2D eigenvalue weighted by molar-refractivity contribution is 5.85. The lowest BCUT2D eigenvalue weighted by Gasteiger charge is -2.36. The summed E-state index contributed by atoms with van der Waals surface area (Å²) in [5, 5.41) is 3.27. The minimum atomic E-state index is -0.0256. The molecule has 2 heterocycles. The highest BCUT2D eigenvalue weighted by Gasteiger charge is 2.21. The standard InChI is InChI=1S/C16H27N7O2/c1-21(2)14(24)13-20-16(19-7-12-25-3)23-10-8-22(9-11-23)15-17-5-4-6-18-15/h4-6H,7-13H2,1-3H3,(H,19,20). The van der Waals surface area contributed by atoms with E-state index in [2.05, 4.69) is 30.1 Å². The smallest absolute Gasteiger partial charge is 0.243 e. The van der Waals surface area contributed by atoms with Gasteiger partial charge in [-0.25, -0.2) is 15.0 Å². The van der Waals surface area contributed by atoms with Crippen LogP contribution in [0.2, 0.25) is 0 Å². The van der Waals surface area contributed by atoms with Gasteiger partial charge in [0.2, 0.25) is 11.9 Å². The Bertz CT molecular complexity index is 557. The number of carbonyl (C=O) groups is 1. The number of guanidine groups is 1. The lowest BCUT2D eigenvalue weighted by molar-refractivity contribution is -0.127. The second kappa shape index (κ2) is 9.77. The molecular formula is C16H27N7O2. The molecule has 1 aromatic heterocycles. The number of aliphatic imine (C=N–C) groups is 1. The monoisotopic (exact) mass is 349 g/mol. The fraction of sp³-hybridized carbons (Fsp3) is 0.625. The lowest BCUT2D eigenvalue weighted by atomic mass is 10.3. The van der Waals surface area contributed by atoms with Crippen molar-refractivity contribution in [3.63, 3.8) is 0 Å². The van der Waals surface area contributed by atoms with Gasteiger partial charge in [0.05, 0.1) is 6.61 Å². The quantitative estimate of drug-likeness (QED) is 0.412. The summed E-state index contributed by atoms with van der Waals surface area (Å²) in [6, 6.07) is 1.81. The van der Waals surface area contributed by atoms with Gasteiger partial charge in [0, 0.05) is 66.3 Å². The number of piperazine rings is 1. The molecule has 1 saturated heterocycles. The summed E-state index contributed by atoms with van der Waals surface area (Å²) in [6.45, 7) is 4.53. The van der Waals surface area contributed by atoms with Crippen LogP contribution in [-0.4, -0.2) is 98.7 Å². The highest BCUT2D eigenvalue weighted by atomic mass is 16.5. The summed E-state index contributed by atoms with van der Waals surface area (Å²) in [5.74, 6) is 1.46. The summed E-state index contributed by atoms with van der Waals surface area (Å²) in [4.78, 5) is 30.7. The van der Waals surface area contributed by atoms with E-state index in [1.165, 1.54) is 0 Å². The SMILES string of the molecule is COCCNC(=NCC(=O)N(C)C)N1CCN(c2ncccn2)CC1. The minimum absolute atomic E-state index is 0.0256. The summed E-state index contributed by atoms with van der Waals surface area (Å²) >= 11 is 0. The van der Waals surface area contributed by atoms with Gasteiger partial charge in [-0.2, -0.15) is 0 Å². The van der Waals surface area contributed by atoms with Crippen LogP contribution >= 0.6 is 0 Å². The topological polar surface area (TPSA) is 86.2 Å². The molecule has 1 amide bonds. The van der Waals surface area contributed by atoms with Crippen molar-refractivity contribution in [3.8, 4) is 0 Å². The van der Waals surface area contributed by atoms with E-state index in [-0.39, 0.29) is 12.5 Å². The average Bonchev–Trinajstić information content (AvgIpc) is 2.65. The molecule has 9 nitrogen and oxygen atoms in total. The van der Waals surface area contributed by atoms with Crippen molar-refractivity contribution in [1.82, 2.24) is 25.1 Å². The van der Waals surface area contributed by atoms with Crippen molar-refractivity contribution in [2.75, 3.05) is 72.0 Å². The number of carbonyl (C=O) groups excluding carboxylic acids is 1. The Morgan fingerprint density at radius 3 is 2.56 bits per heavy atom. The maximum atomic E-state index is 11.8. The molecule has 0 unspecified atom stereocenters. The Morgan fingerprint density at radius 1 is 1.28 bits per heavy atom. The van der Waals surface area contributed by atoms with E-state index in [0.29, 0.717) is 13.2 Å². The number of nitrogens with one attached hydrogen (secondary N) is 1. The minimum Gasteiger partial charge on any atom is -0.383 e. The van der Waals surface area contributed by atoms with Crippen LogP contribution in [0.5, 0.6) is 0 Å². The summed E-state index contributed by atoms with van der Waals surface area (Å²) < 4.78 is 5.08. The molecule has 1 aliphatic rings. The number of aromatic nitrogens is 2. The van der Waals surface area contributed by atoms with Crippen LogP contribution in [0, 0.1) is 0 Å². The number of nitrogens with zero attached hydrogens (tertiary/aromatic N) is 6. The van der Waals surface area contributed by atoms with Gasteiger partial charge < -0.3 is 24.8 Å². The molecule has 2 rings (SSSR count). The zero-order valence-corrected chi connectivity index (χ0v) is 15.2. The summed E-state index contributed by atoms with van der Waals surface area (Å²) in [5.41, 5.74) is 0. The Hall–Kier alpha value is -2.42. The number of anilines is 1. The summed E-state index contributed by atoms with van der Waals surface area (Å²) in [7, 11) is 5.12. The predicted molar refractivity (Wildman–Crippen MR) is 96.7 cm³/mol. The molecule has 138 valence electrons. The molecule has 0 atom stereocenters. The van der Waals surface area contributed by atoms with Crippen LogP contribution in [0.4, 0.5) is 5.95 Å². The van der Waals surface area contributed by atoms with Crippen molar-refractivity contribution < 1.29 is 9.53 Å². The second-order valence-electron chi connectivity index (χ2n) is 5.87. The Balaban J connectivity index is 1.95. The zero-order valence-electron chi connectivity index (χ0n) is 15.2. The van der Waals surface area contributed by atoms with Gasteiger partial charge in [0.25, 0.3) is 0 Å². The molecule has 1 aliphatic heterocycles. The van der Waals surface area contributed by atoms with Gasteiger partial charge in [0.15, 0.2) is 5.96 Å². The molecule has 1 N–H and O–H groups in total. The van der Waals surface area contributed by atoms with E-state index < -0.39 is 0 Å². The number of amides is 1. The van der Waals surface area contributed by atoms with Gasteiger partial charge in [-0.1, -0.05) is 0 Å². The van der Waals surface area contributed by atoms with E-state index in [1.54, 1.807) is 38.5 Å². The van der Waals surface area contributed by atoms with E-state index in [0.717, 1.165) is 38.1 Å². The van der Waals surface area contributed by atoms with Crippen LogP contribution in [0.15, 0.2) is 23.5 Å². The highest BCUT2D eigenvalue weighted by Crippen LogP contribution is 2.09. The molecule has 0 aliphatic carbocycles. The molecule has 1 fully saturated rings. The van der Waals surface area contributed by atoms with Crippen LogP contribution in [0.1, 0.15) is 0 Å². The molecule has 0 aromatic carbocycles. The van der Waals surface area contributed by atoms with Crippen LogP contribution in [0.3, 0.4) is 0 Å². The normalized spacial score (nSPS) is 15.2. The van der Waals surface area contributed by atoms with Crippen LogP contribution < -0.4 is 10.2 Å². The van der Waals surface area contributed by atoms with Crippen molar-refractivity contribution in [2.45, 2.75) is 0 Å². The fourth-order valence-corrected chi connectivity index (χ4v) is 2.39. The van der Waals surface area contributed by atoms with E-state index in [9.17, 15) is 4.79 Å². The summed E-state index contributed by atoms with van der Waals surface area (Å²) in [6.07, 6.45) is 3.50. The Labute approximate surface area is 148 Å². The molecule has 0 radical (unpaired) electrons. The maximum Gasteiger partial charge on any atom is 0.243 e. The third-order valence-electron chi connectivity index (χ3n) is 3.87. The molecule has 0 bridgehead atoms. The molecule has 0 spiro atoms. The van der Waals surface area contributed by atoms with Gasteiger partial charge in [0.1, 0.15) is 6.54 Å². The maximum absolute atomic E-state index is 11.8. The van der Waals surface area contributed by atoms with Crippen LogP contribution in [0.25, 0.3) is 0 Å². The largest absolute Gasteiger partial charge is 0.383 e.